The second-order valence-corrected chi connectivity index (χ2v) is 6.84. The quantitative estimate of drug-likeness (QED) is 0.778. The van der Waals surface area contributed by atoms with Gasteiger partial charge in [0.05, 0.1) is 6.26 Å². The number of likely N-dealkylation sites (tertiary alicyclic amines) is 1. The number of carbonyl (C=O) groups is 1. The molecule has 24 heavy (non-hydrogen) atoms. The second kappa shape index (κ2) is 8.41. The average Bonchev–Trinajstić information content (AvgIpc) is 3.28. The summed E-state index contributed by atoms with van der Waals surface area (Å²) in [6.07, 6.45) is 6.27. The lowest BCUT2D eigenvalue weighted by molar-refractivity contribution is 0.0903. The van der Waals surface area contributed by atoms with Crippen molar-refractivity contribution in [2.75, 3.05) is 33.4 Å². The molecule has 0 saturated carbocycles. The summed E-state index contributed by atoms with van der Waals surface area (Å²) in [5, 5.41) is 5.72. The maximum Gasteiger partial charge on any atom is 0.270 e. The van der Waals surface area contributed by atoms with E-state index in [1.807, 2.05) is 6.07 Å². The maximum absolute atomic E-state index is 12.4. The number of thiazole rings is 1. The van der Waals surface area contributed by atoms with Gasteiger partial charge >= 0.3 is 0 Å². The summed E-state index contributed by atoms with van der Waals surface area (Å²) in [6, 6.07) is 2.08. The molecule has 6 nitrogen and oxygen atoms in total. The molecule has 3 rings (SSSR count). The first-order valence-corrected chi connectivity index (χ1v) is 9.14. The number of rotatable bonds is 7. The number of hydrogen-bond acceptors (Lipinski definition) is 6. The molecule has 2 aromatic heterocycles. The first-order chi connectivity index (χ1) is 11.8. The van der Waals surface area contributed by atoms with Crippen LogP contribution in [0.3, 0.4) is 0 Å². The number of ether oxygens (including phenoxy) is 1. The third-order valence-electron chi connectivity index (χ3n) is 4.25. The number of aromatic nitrogens is 1. The molecule has 1 aliphatic rings. The lowest BCUT2D eigenvalue weighted by Crippen LogP contribution is -2.45. The molecule has 0 aromatic carbocycles. The van der Waals surface area contributed by atoms with Crippen LogP contribution in [0.25, 0.3) is 10.6 Å². The monoisotopic (exact) mass is 349 g/mol. The van der Waals surface area contributed by atoms with Crippen LogP contribution in [0.15, 0.2) is 28.4 Å². The van der Waals surface area contributed by atoms with Crippen molar-refractivity contribution >= 4 is 17.2 Å². The van der Waals surface area contributed by atoms with Gasteiger partial charge in [0.25, 0.3) is 5.91 Å². The number of hydrogen-bond donors (Lipinski definition) is 1. The maximum atomic E-state index is 12.4. The molecule has 3 heterocycles. The minimum atomic E-state index is -0.0844. The summed E-state index contributed by atoms with van der Waals surface area (Å²) in [5.41, 5.74) is 1.39. The van der Waals surface area contributed by atoms with Gasteiger partial charge in [-0.1, -0.05) is 0 Å². The van der Waals surface area contributed by atoms with Crippen LogP contribution in [0.1, 0.15) is 29.8 Å². The number of carbonyl (C=O) groups excluding carboxylic acids is 1. The SMILES string of the molecule is COCCCN1CCC(NC(=O)c2csc(-c3ccoc3)n2)CC1. The van der Waals surface area contributed by atoms with E-state index in [0.717, 1.165) is 56.1 Å². The van der Waals surface area contributed by atoms with Crippen LogP contribution in [0.5, 0.6) is 0 Å². The van der Waals surface area contributed by atoms with Crippen molar-refractivity contribution in [1.29, 1.82) is 0 Å². The van der Waals surface area contributed by atoms with E-state index >= 15 is 0 Å². The van der Waals surface area contributed by atoms with E-state index in [1.165, 1.54) is 11.3 Å². The molecule has 0 unspecified atom stereocenters. The van der Waals surface area contributed by atoms with Crippen LogP contribution in [0.4, 0.5) is 0 Å². The van der Waals surface area contributed by atoms with Crippen molar-refractivity contribution in [2.24, 2.45) is 0 Å². The van der Waals surface area contributed by atoms with Crippen LogP contribution in [0.2, 0.25) is 0 Å². The van der Waals surface area contributed by atoms with Gasteiger partial charge in [0, 0.05) is 50.3 Å². The van der Waals surface area contributed by atoms with Crippen molar-refractivity contribution < 1.29 is 13.9 Å². The zero-order valence-electron chi connectivity index (χ0n) is 13.9. The Balaban J connectivity index is 1.46. The van der Waals surface area contributed by atoms with E-state index in [4.69, 9.17) is 9.15 Å². The standard InChI is InChI=1S/C17H23N3O3S/c1-22-9-2-6-20-7-3-14(4-8-20)18-16(21)15-12-24-17(19-15)13-5-10-23-11-13/h5,10-12,14H,2-4,6-9H2,1H3,(H,18,21). The summed E-state index contributed by atoms with van der Waals surface area (Å²) in [4.78, 5) is 19.2. The lowest BCUT2D eigenvalue weighted by Gasteiger charge is -2.32. The Morgan fingerprint density at radius 3 is 3.04 bits per heavy atom. The fourth-order valence-electron chi connectivity index (χ4n) is 2.89. The average molecular weight is 349 g/mol. The van der Waals surface area contributed by atoms with E-state index in [2.05, 4.69) is 15.2 Å². The molecular weight excluding hydrogens is 326 g/mol. The highest BCUT2D eigenvalue weighted by molar-refractivity contribution is 7.13. The molecule has 7 heteroatoms. The Morgan fingerprint density at radius 1 is 1.50 bits per heavy atom. The number of nitrogens with zero attached hydrogens (tertiary/aromatic N) is 2. The molecule has 0 spiro atoms. The van der Waals surface area contributed by atoms with Crippen molar-refractivity contribution in [2.45, 2.75) is 25.3 Å². The van der Waals surface area contributed by atoms with Crippen molar-refractivity contribution in [3.63, 3.8) is 0 Å². The van der Waals surface area contributed by atoms with E-state index < -0.39 is 0 Å². The van der Waals surface area contributed by atoms with Crippen LogP contribution >= 0.6 is 11.3 Å². The number of nitrogens with one attached hydrogen (secondary N) is 1. The second-order valence-electron chi connectivity index (χ2n) is 5.99. The molecular formula is C17H23N3O3S. The number of methoxy groups -OCH3 is 1. The van der Waals surface area contributed by atoms with Gasteiger partial charge in [-0.2, -0.15) is 0 Å². The molecule has 1 amide bonds. The first-order valence-electron chi connectivity index (χ1n) is 8.26. The molecule has 0 bridgehead atoms. The molecule has 1 fully saturated rings. The summed E-state index contributed by atoms with van der Waals surface area (Å²) in [5.74, 6) is -0.0844. The molecule has 0 aliphatic carbocycles. The number of furan rings is 1. The van der Waals surface area contributed by atoms with Crippen LogP contribution in [0, 0.1) is 0 Å². The molecule has 0 atom stereocenters. The highest BCUT2D eigenvalue weighted by Gasteiger charge is 2.22. The molecule has 2 aromatic rings. The van der Waals surface area contributed by atoms with E-state index in [0.29, 0.717) is 5.69 Å². The van der Waals surface area contributed by atoms with E-state index in [1.54, 1.807) is 25.0 Å². The van der Waals surface area contributed by atoms with E-state index in [9.17, 15) is 4.79 Å². The zero-order chi connectivity index (χ0) is 16.8. The third-order valence-corrected chi connectivity index (χ3v) is 5.14. The smallest absolute Gasteiger partial charge is 0.270 e. The number of piperidine rings is 1. The summed E-state index contributed by atoms with van der Waals surface area (Å²) in [6.45, 7) is 3.91. The Kier molecular flexibility index (Phi) is 6.01. The molecule has 1 N–H and O–H groups in total. The normalized spacial score (nSPS) is 16.4. The molecule has 0 radical (unpaired) electrons. The summed E-state index contributed by atoms with van der Waals surface area (Å²) < 4.78 is 10.1. The van der Waals surface area contributed by atoms with Gasteiger partial charge in [0.1, 0.15) is 17.0 Å². The van der Waals surface area contributed by atoms with Gasteiger partial charge < -0.3 is 19.4 Å². The van der Waals surface area contributed by atoms with Gasteiger partial charge in [0.2, 0.25) is 0 Å². The minimum absolute atomic E-state index is 0.0844. The van der Waals surface area contributed by atoms with Crippen LogP contribution < -0.4 is 5.32 Å². The van der Waals surface area contributed by atoms with Gasteiger partial charge in [-0.25, -0.2) is 4.98 Å². The topological polar surface area (TPSA) is 67.6 Å². The zero-order valence-corrected chi connectivity index (χ0v) is 14.7. The predicted octanol–water partition coefficient (Wildman–Crippen LogP) is 2.63. The van der Waals surface area contributed by atoms with Crippen LogP contribution in [-0.2, 0) is 4.74 Å². The Morgan fingerprint density at radius 2 is 2.33 bits per heavy atom. The Bertz CT molecular complexity index is 633. The fraction of sp³-hybridized carbons (Fsp3) is 0.529. The van der Waals surface area contributed by atoms with Gasteiger partial charge in [0.15, 0.2) is 0 Å². The predicted molar refractivity (Wildman–Crippen MR) is 93.2 cm³/mol. The Hall–Kier alpha value is -1.70. The first kappa shape index (κ1) is 17.1. The highest BCUT2D eigenvalue weighted by Crippen LogP contribution is 2.24. The van der Waals surface area contributed by atoms with Gasteiger partial charge in [-0.05, 0) is 25.3 Å². The fourth-order valence-corrected chi connectivity index (χ4v) is 3.68. The molecule has 130 valence electrons. The molecule has 1 saturated heterocycles. The van der Waals surface area contributed by atoms with Crippen molar-refractivity contribution in [1.82, 2.24) is 15.2 Å². The lowest BCUT2D eigenvalue weighted by atomic mass is 10.0. The number of amides is 1. The molecule has 1 aliphatic heterocycles. The Labute approximate surface area is 145 Å². The largest absolute Gasteiger partial charge is 0.472 e. The van der Waals surface area contributed by atoms with Gasteiger partial charge in [-0.3, -0.25) is 4.79 Å². The third kappa shape index (κ3) is 4.43. The van der Waals surface area contributed by atoms with Crippen LogP contribution in [-0.4, -0.2) is 55.2 Å². The minimum Gasteiger partial charge on any atom is -0.472 e. The highest BCUT2D eigenvalue weighted by atomic mass is 32.1. The summed E-state index contributed by atoms with van der Waals surface area (Å²) >= 11 is 1.46. The van der Waals surface area contributed by atoms with Crippen molar-refractivity contribution in [3.05, 3.63) is 29.7 Å². The van der Waals surface area contributed by atoms with Gasteiger partial charge in [-0.15, -0.1) is 11.3 Å². The summed E-state index contributed by atoms with van der Waals surface area (Å²) in [7, 11) is 1.73. The van der Waals surface area contributed by atoms with E-state index in [-0.39, 0.29) is 11.9 Å². The van der Waals surface area contributed by atoms with Crippen molar-refractivity contribution in [3.8, 4) is 10.6 Å².